The summed E-state index contributed by atoms with van der Waals surface area (Å²) < 4.78 is 5.62. The second kappa shape index (κ2) is 4.55. The molecule has 2 aromatic heterocycles. The summed E-state index contributed by atoms with van der Waals surface area (Å²) in [7, 11) is 0. The highest BCUT2D eigenvalue weighted by atomic mass is 16.5. The molecule has 0 aromatic carbocycles. The average molecular weight is 200 g/mol. The van der Waals surface area contributed by atoms with E-state index in [2.05, 4.69) is 9.97 Å². The Morgan fingerprint density at radius 2 is 2.07 bits per heavy atom. The highest BCUT2D eigenvalue weighted by molar-refractivity contribution is 5.25. The van der Waals surface area contributed by atoms with Gasteiger partial charge >= 0.3 is 0 Å². The van der Waals surface area contributed by atoms with Gasteiger partial charge < -0.3 is 4.74 Å². The van der Waals surface area contributed by atoms with Crippen LogP contribution in [0.1, 0.15) is 11.3 Å². The number of ether oxygens (including phenoxy) is 1. The Morgan fingerprint density at radius 1 is 1.20 bits per heavy atom. The van der Waals surface area contributed by atoms with Crippen LogP contribution in [0.25, 0.3) is 0 Å². The maximum absolute atomic E-state index is 5.62. The van der Waals surface area contributed by atoms with Gasteiger partial charge in [0.05, 0.1) is 5.69 Å². The maximum atomic E-state index is 5.62. The van der Waals surface area contributed by atoms with Crippen LogP contribution in [0.15, 0.2) is 42.9 Å². The van der Waals surface area contributed by atoms with Gasteiger partial charge in [-0.25, -0.2) is 0 Å². The van der Waals surface area contributed by atoms with Crippen LogP contribution < -0.4 is 4.74 Å². The highest BCUT2D eigenvalue weighted by Gasteiger charge is 1.99. The minimum absolute atomic E-state index is 0.528. The fourth-order valence-electron chi connectivity index (χ4n) is 1.27. The predicted molar refractivity (Wildman–Crippen MR) is 57.5 cm³/mol. The second-order valence-corrected chi connectivity index (χ2v) is 3.24. The van der Waals surface area contributed by atoms with Gasteiger partial charge in [-0.3, -0.25) is 9.97 Å². The van der Waals surface area contributed by atoms with E-state index in [1.165, 1.54) is 0 Å². The zero-order chi connectivity index (χ0) is 10.5. The smallest absolute Gasteiger partial charge is 0.141 e. The van der Waals surface area contributed by atoms with Gasteiger partial charge in [0.15, 0.2) is 0 Å². The number of nitrogens with zero attached hydrogens (tertiary/aromatic N) is 2. The van der Waals surface area contributed by atoms with Crippen molar-refractivity contribution in [1.82, 2.24) is 9.97 Å². The van der Waals surface area contributed by atoms with E-state index in [-0.39, 0.29) is 0 Å². The summed E-state index contributed by atoms with van der Waals surface area (Å²) >= 11 is 0. The van der Waals surface area contributed by atoms with Crippen molar-refractivity contribution in [3.8, 4) is 5.75 Å². The van der Waals surface area contributed by atoms with E-state index in [0.29, 0.717) is 6.61 Å². The first kappa shape index (κ1) is 9.65. The highest BCUT2D eigenvalue weighted by Crippen LogP contribution is 2.15. The standard InChI is InChI=1S/C12H12N2O/c1-10-12(5-3-7-14-10)15-9-11-4-2-6-13-8-11/h2-8H,9H2,1H3. The van der Waals surface area contributed by atoms with E-state index >= 15 is 0 Å². The number of rotatable bonds is 3. The van der Waals surface area contributed by atoms with Gasteiger partial charge in [0, 0.05) is 24.2 Å². The third kappa shape index (κ3) is 2.53. The molecule has 15 heavy (non-hydrogen) atoms. The molecule has 0 saturated carbocycles. The van der Waals surface area contributed by atoms with E-state index in [1.807, 2.05) is 31.2 Å². The monoisotopic (exact) mass is 200 g/mol. The topological polar surface area (TPSA) is 35.0 Å². The summed E-state index contributed by atoms with van der Waals surface area (Å²) in [6.07, 6.45) is 5.30. The van der Waals surface area contributed by atoms with Crippen molar-refractivity contribution in [3.63, 3.8) is 0 Å². The molecule has 3 heteroatoms. The molecule has 0 radical (unpaired) electrons. The molecule has 2 heterocycles. The van der Waals surface area contributed by atoms with Crippen molar-refractivity contribution >= 4 is 0 Å². The van der Waals surface area contributed by atoms with Crippen molar-refractivity contribution in [2.75, 3.05) is 0 Å². The molecule has 2 aromatic rings. The molecular weight excluding hydrogens is 188 g/mol. The van der Waals surface area contributed by atoms with Gasteiger partial charge in [0.2, 0.25) is 0 Å². The molecule has 0 atom stereocenters. The SMILES string of the molecule is Cc1ncccc1OCc1cccnc1. The van der Waals surface area contributed by atoms with Gasteiger partial charge in [0.25, 0.3) is 0 Å². The first-order valence-electron chi connectivity index (χ1n) is 4.79. The lowest BCUT2D eigenvalue weighted by molar-refractivity contribution is 0.302. The van der Waals surface area contributed by atoms with E-state index in [4.69, 9.17) is 4.74 Å². The molecule has 0 bridgehead atoms. The van der Waals surface area contributed by atoms with Crippen LogP contribution in [0.3, 0.4) is 0 Å². The predicted octanol–water partition coefficient (Wildman–Crippen LogP) is 2.36. The Bertz CT molecular complexity index is 429. The molecule has 0 aliphatic carbocycles. The zero-order valence-corrected chi connectivity index (χ0v) is 8.55. The molecule has 3 nitrogen and oxygen atoms in total. The third-order valence-electron chi connectivity index (χ3n) is 2.08. The summed E-state index contributed by atoms with van der Waals surface area (Å²) in [4.78, 5) is 8.17. The number of hydrogen-bond acceptors (Lipinski definition) is 3. The fraction of sp³-hybridized carbons (Fsp3) is 0.167. The quantitative estimate of drug-likeness (QED) is 0.762. The van der Waals surface area contributed by atoms with E-state index in [1.54, 1.807) is 18.6 Å². The van der Waals surface area contributed by atoms with Crippen LogP contribution in [0.2, 0.25) is 0 Å². The number of aromatic nitrogens is 2. The van der Waals surface area contributed by atoms with Crippen molar-refractivity contribution in [1.29, 1.82) is 0 Å². The number of aryl methyl sites for hydroxylation is 1. The lowest BCUT2D eigenvalue weighted by atomic mass is 10.3. The summed E-state index contributed by atoms with van der Waals surface area (Å²) in [5, 5.41) is 0. The number of pyridine rings is 2. The van der Waals surface area contributed by atoms with Crippen LogP contribution in [0.4, 0.5) is 0 Å². The van der Waals surface area contributed by atoms with Crippen LogP contribution in [-0.2, 0) is 6.61 Å². The van der Waals surface area contributed by atoms with Gasteiger partial charge in [-0.1, -0.05) is 6.07 Å². The molecule has 0 spiro atoms. The van der Waals surface area contributed by atoms with Crippen LogP contribution in [0.5, 0.6) is 5.75 Å². The Morgan fingerprint density at radius 3 is 2.80 bits per heavy atom. The molecule has 2 rings (SSSR count). The average Bonchev–Trinajstić information content (AvgIpc) is 2.29. The molecule has 76 valence electrons. The molecular formula is C12H12N2O. The summed E-state index contributed by atoms with van der Waals surface area (Å²) in [6.45, 7) is 2.46. The van der Waals surface area contributed by atoms with E-state index < -0.39 is 0 Å². The summed E-state index contributed by atoms with van der Waals surface area (Å²) in [6, 6.07) is 7.66. The Balaban J connectivity index is 2.03. The van der Waals surface area contributed by atoms with E-state index in [0.717, 1.165) is 17.0 Å². The third-order valence-corrected chi connectivity index (χ3v) is 2.08. The molecule has 0 N–H and O–H groups in total. The number of hydrogen-bond donors (Lipinski definition) is 0. The van der Waals surface area contributed by atoms with Gasteiger partial charge in [0.1, 0.15) is 12.4 Å². The first-order valence-corrected chi connectivity index (χ1v) is 4.79. The molecule has 0 amide bonds. The molecule has 0 aliphatic heterocycles. The summed E-state index contributed by atoms with van der Waals surface area (Å²) in [5.74, 6) is 0.821. The molecule has 0 aliphatic rings. The van der Waals surface area contributed by atoms with Crippen LogP contribution in [0, 0.1) is 6.92 Å². The van der Waals surface area contributed by atoms with Crippen LogP contribution >= 0.6 is 0 Å². The Kier molecular flexibility index (Phi) is 2.93. The largest absolute Gasteiger partial charge is 0.487 e. The molecule has 0 saturated heterocycles. The maximum Gasteiger partial charge on any atom is 0.141 e. The lowest BCUT2D eigenvalue weighted by Gasteiger charge is -2.07. The minimum atomic E-state index is 0.528. The summed E-state index contributed by atoms with van der Waals surface area (Å²) in [5.41, 5.74) is 1.96. The molecule has 0 unspecified atom stereocenters. The lowest BCUT2D eigenvalue weighted by Crippen LogP contribution is -1.97. The van der Waals surface area contributed by atoms with Crippen molar-refractivity contribution in [2.24, 2.45) is 0 Å². The zero-order valence-electron chi connectivity index (χ0n) is 8.55. The van der Waals surface area contributed by atoms with Gasteiger partial charge in [-0.2, -0.15) is 0 Å². The van der Waals surface area contributed by atoms with Crippen LogP contribution in [-0.4, -0.2) is 9.97 Å². The van der Waals surface area contributed by atoms with Crippen molar-refractivity contribution < 1.29 is 4.74 Å². The normalized spacial score (nSPS) is 9.93. The molecule has 0 fully saturated rings. The van der Waals surface area contributed by atoms with Gasteiger partial charge in [-0.15, -0.1) is 0 Å². The van der Waals surface area contributed by atoms with Crippen molar-refractivity contribution in [3.05, 3.63) is 54.1 Å². The van der Waals surface area contributed by atoms with Crippen molar-refractivity contribution in [2.45, 2.75) is 13.5 Å². The Hall–Kier alpha value is -1.90. The fourth-order valence-corrected chi connectivity index (χ4v) is 1.27. The second-order valence-electron chi connectivity index (χ2n) is 3.24. The Labute approximate surface area is 88.8 Å². The van der Waals surface area contributed by atoms with Gasteiger partial charge in [-0.05, 0) is 25.1 Å². The minimum Gasteiger partial charge on any atom is -0.487 e. The first-order chi connectivity index (χ1) is 7.36. The van der Waals surface area contributed by atoms with E-state index in [9.17, 15) is 0 Å².